The summed E-state index contributed by atoms with van der Waals surface area (Å²) in [4.78, 5) is 35.4. The normalized spacial score (nSPS) is 15.3. The zero-order valence-electron chi connectivity index (χ0n) is 14.5. The predicted octanol–water partition coefficient (Wildman–Crippen LogP) is 2.04. The highest BCUT2D eigenvalue weighted by atomic mass is 16.2. The average molecular weight is 349 g/mol. The average Bonchev–Trinajstić information content (AvgIpc) is 2.68. The van der Waals surface area contributed by atoms with Gasteiger partial charge in [-0.3, -0.25) is 19.6 Å². The van der Waals surface area contributed by atoms with Crippen molar-refractivity contribution in [1.29, 1.82) is 0 Å². The Bertz CT molecular complexity index is 1020. The molecule has 0 unspecified atom stereocenters. The predicted molar refractivity (Wildman–Crippen MR) is 97.0 cm³/mol. The van der Waals surface area contributed by atoms with Crippen molar-refractivity contribution in [1.82, 2.24) is 25.1 Å². The van der Waals surface area contributed by atoms with E-state index in [1.807, 2.05) is 19.2 Å². The Morgan fingerprint density at radius 1 is 1.15 bits per heavy atom. The molecule has 7 nitrogen and oxygen atoms in total. The number of aryl methyl sites for hydroxylation is 1. The molecule has 3 aromatic rings. The number of carbonyl (C=O) groups excluding carboxylic acids is 1. The minimum absolute atomic E-state index is 0.147. The maximum atomic E-state index is 12.9. The van der Waals surface area contributed by atoms with Gasteiger partial charge in [0, 0.05) is 36.8 Å². The third kappa shape index (κ3) is 2.96. The lowest BCUT2D eigenvalue weighted by atomic mass is 9.93. The molecule has 1 aromatic carbocycles. The number of rotatable bonds is 2. The second kappa shape index (κ2) is 6.67. The van der Waals surface area contributed by atoms with E-state index in [0.29, 0.717) is 35.5 Å². The summed E-state index contributed by atoms with van der Waals surface area (Å²) in [5, 5.41) is 7.52. The smallest absolute Gasteiger partial charge is 0.274 e. The van der Waals surface area contributed by atoms with Crippen LogP contribution in [0.2, 0.25) is 0 Å². The first kappa shape index (κ1) is 16.4. The van der Waals surface area contributed by atoms with E-state index in [9.17, 15) is 9.59 Å². The topological polar surface area (TPSA) is 91.8 Å². The summed E-state index contributed by atoms with van der Waals surface area (Å²) in [5.41, 5.74) is 1.91. The molecule has 3 heterocycles. The Morgan fingerprint density at radius 3 is 2.62 bits per heavy atom. The Balaban J connectivity index is 1.54. The maximum Gasteiger partial charge on any atom is 0.274 e. The zero-order valence-corrected chi connectivity index (χ0v) is 14.5. The highest BCUT2D eigenvalue weighted by Crippen LogP contribution is 2.27. The number of hydrogen-bond acceptors (Lipinski definition) is 5. The molecule has 0 aliphatic carbocycles. The molecule has 4 rings (SSSR count). The van der Waals surface area contributed by atoms with E-state index in [2.05, 4.69) is 20.2 Å². The molecule has 1 amide bonds. The number of nitrogens with zero attached hydrogens (tertiary/aromatic N) is 4. The van der Waals surface area contributed by atoms with E-state index in [0.717, 1.165) is 24.2 Å². The molecule has 1 aliphatic heterocycles. The SMILES string of the molecule is Cc1cncc(C2CCN(C(=O)c3n[nH]c(=O)c4ccccc34)CC2)n1. The number of benzene rings is 1. The second-order valence-corrected chi connectivity index (χ2v) is 6.60. The molecule has 0 spiro atoms. The van der Waals surface area contributed by atoms with Crippen molar-refractivity contribution >= 4 is 16.7 Å². The summed E-state index contributed by atoms with van der Waals surface area (Å²) < 4.78 is 0. The fourth-order valence-corrected chi connectivity index (χ4v) is 3.49. The Hall–Kier alpha value is -3.09. The molecule has 7 heteroatoms. The largest absolute Gasteiger partial charge is 0.337 e. The first-order valence-electron chi connectivity index (χ1n) is 8.69. The molecule has 1 saturated heterocycles. The van der Waals surface area contributed by atoms with E-state index >= 15 is 0 Å². The highest BCUT2D eigenvalue weighted by molar-refractivity contribution is 6.04. The fraction of sp³-hybridized carbons (Fsp3) is 0.316. The van der Waals surface area contributed by atoms with Crippen LogP contribution < -0.4 is 5.56 Å². The number of fused-ring (bicyclic) bond motifs is 1. The Labute approximate surface area is 150 Å². The van der Waals surface area contributed by atoms with Crippen molar-refractivity contribution in [3.05, 3.63) is 64.1 Å². The molecule has 0 radical (unpaired) electrons. The molecule has 0 saturated carbocycles. The van der Waals surface area contributed by atoms with Gasteiger partial charge in [0.05, 0.1) is 16.8 Å². The molecule has 1 N–H and O–H groups in total. The zero-order chi connectivity index (χ0) is 18.1. The van der Waals surface area contributed by atoms with E-state index < -0.39 is 0 Å². The summed E-state index contributed by atoms with van der Waals surface area (Å²) >= 11 is 0. The summed E-state index contributed by atoms with van der Waals surface area (Å²) in [7, 11) is 0. The number of amides is 1. The van der Waals surface area contributed by atoms with Crippen molar-refractivity contribution in [3.8, 4) is 0 Å². The second-order valence-electron chi connectivity index (χ2n) is 6.60. The van der Waals surface area contributed by atoms with Crippen LogP contribution >= 0.6 is 0 Å². The number of likely N-dealkylation sites (tertiary alicyclic amines) is 1. The van der Waals surface area contributed by atoms with Crippen LogP contribution in [0.15, 0.2) is 41.5 Å². The quantitative estimate of drug-likeness (QED) is 0.764. The summed E-state index contributed by atoms with van der Waals surface area (Å²) in [6, 6.07) is 7.05. The summed E-state index contributed by atoms with van der Waals surface area (Å²) in [5.74, 6) is 0.165. The van der Waals surface area contributed by atoms with Crippen LogP contribution in [0.4, 0.5) is 0 Å². The van der Waals surface area contributed by atoms with Crippen molar-refractivity contribution in [2.75, 3.05) is 13.1 Å². The molecular formula is C19H19N5O2. The van der Waals surface area contributed by atoms with Crippen molar-refractivity contribution in [3.63, 3.8) is 0 Å². The van der Waals surface area contributed by atoms with Crippen LogP contribution in [0, 0.1) is 6.92 Å². The van der Waals surface area contributed by atoms with Gasteiger partial charge >= 0.3 is 0 Å². The van der Waals surface area contributed by atoms with E-state index in [-0.39, 0.29) is 11.5 Å². The molecule has 0 bridgehead atoms. The van der Waals surface area contributed by atoms with Gasteiger partial charge in [-0.05, 0) is 25.8 Å². The third-order valence-corrected chi connectivity index (χ3v) is 4.87. The van der Waals surface area contributed by atoms with Gasteiger partial charge in [0.15, 0.2) is 5.69 Å². The van der Waals surface area contributed by atoms with Crippen LogP contribution in [0.25, 0.3) is 10.8 Å². The fourth-order valence-electron chi connectivity index (χ4n) is 3.49. The molecule has 1 fully saturated rings. The summed E-state index contributed by atoms with van der Waals surface area (Å²) in [6.45, 7) is 3.20. The molecule has 0 atom stereocenters. The number of aromatic amines is 1. The Kier molecular flexibility index (Phi) is 4.20. The first-order chi connectivity index (χ1) is 12.6. The molecule has 2 aromatic heterocycles. The van der Waals surface area contributed by atoms with E-state index in [1.54, 1.807) is 29.3 Å². The highest BCUT2D eigenvalue weighted by Gasteiger charge is 2.27. The number of hydrogen-bond donors (Lipinski definition) is 1. The Morgan fingerprint density at radius 2 is 1.88 bits per heavy atom. The number of aromatic nitrogens is 4. The standard InChI is InChI=1S/C19H19N5O2/c1-12-10-20-11-16(21-12)13-6-8-24(9-7-13)19(26)17-14-4-2-3-5-15(14)18(25)23-22-17/h2-5,10-11,13H,6-9H2,1H3,(H,23,25). The van der Waals surface area contributed by atoms with Gasteiger partial charge in [0.2, 0.25) is 0 Å². The third-order valence-electron chi connectivity index (χ3n) is 4.87. The minimum Gasteiger partial charge on any atom is -0.337 e. The molecule has 132 valence electrons. The lowest BCUT2D eigenvalue weighted by molar-refractivity contribution is 0.0707. The first-order valence-corrected chi connectivity index (χ1v) is 8.69. The van der Waals surface area contributed by atoms with Gasteiger partial charge in [-0.2, -0.15) is 5.10 Å². The van der Waals surface area contributed by atoms with Crippen LogP contribution in [-0.4, -0.2) is 44.1 Å². The van der Waals surface area contributed by atoms with E-state index in [4.69, 9.17) is 0 Å². The number of nitrogens with one attached hydrogen (secondary N) is 1. The molecular weight excluding hydrogens is 330 g/mol. The summed E-state index contributed by atoms with van der Waals surface area (Å²) in [6.07, 6.45) is 5.23. The number of H-pyrrole nitrogens is 1. The van der Waals surface area contributed by atoms with Crippen LogP contribution in [0.3, 0.4) is 0 Å². The van der Waals surface area contributed by atoms with Gasteiger partial charge in [-0.15, -0.1) is 0 Å². The van der Waals surface area contributed by atoms with Crippen molar-refractivity contribution < 1.29 is 4.79 Å². The van der Waals surface area contributed by atoms with Crippen LogP contribution in [0.1, 0.15) is 40.6 Å². The van der Waals surface area contributed by atoms with Gasteiger partial charge < -0.3 is 4.90 Å². The lowest BCUT2D eigenvalue weighted by Gasteiger charge is -2.31. The van der Waals surface area contributed by atoms with Crippen molar-refractivity contribution in [2.24, 2.45) is 0 Å². The maximum absolute atomic E-state index is 12.9. The number of piperidine rings is 1. The molecule has 26 heavy (non-hydrogen) atoms. The lowest BCUT2D eigenvalue weighted by Crippen LogP contribution is -2.39. The van der Waals surface area contributed by atoms with Gasteiger partial charge in [0.1, 0.15) is 0 Å². The van der Waals surface area contributed by atoms with E-state index in [1.165, 1.54) is 0 Å². The minimum atomic E-state index is -0.283. The van der Waals surface area contributed by atoms with Gasteiger partial charge in [0.25, 0.3) is 11.5 Å². The number of carbonyl (C=O) groups is 1. The van der Waals surface area contributed by atoms with Gasteiger partial charge in [-0.25, -0.2) is 5.10 Å². The van der Waals surface area contributed by atoms with Crippen LogP contribution in [0.5, 0.6) is 0 Å². The van der Waals surface area contributed by atoms with Gasteiger partial charge in [-0.1, -0.05) is 18.2 Å². The monoisotopic (exact) mass is 349 g/mol. The van der Waals surface area contributed by atoms with Crippen LogP contribution in [-0.2, 0) is 0 Å². The molecule has 1 aliphatic rings. The van der Waals surface area contributed by atoms with Crippen molar-refractivity contribution in [2.45, 2.75) is 25.7 Å².